The molecule has 0 radical (unpaired) electrons. The molecule has 2 N–H and O–H groups in total. The van der Waals surface area contributed by atoms with Crippen LogP contribution in [0, 0.1) is 0 Å². The fourth-order valence-electron chi connectivity index (χ4n) is 1.96. The van der Waals surface area contributed by atoms with Crippen LogP contribution in [0.5, 0.6) is 0 Å². The van der Waals surface area contributed by atoms with Crippen molar-refractivity contribution in [2.75, 3.05) is 25.0 Å². The molecule has 0 aromatic rings. The van der Waals surface area contributed by atoms with Crippen LogP contribution in [0.1, 0.15) is 64.2 Å². The van der Waals surface area contributed by atoms with Crippen LogP contribution in [0.4, 0.5) is 0 Å². The molecule has 0 aromatic carbocycles. The predicted molar refractivity (Wildman–Crippen MR) is 79.9 cm³/mol. The molecule has 0 aliphatic heterocycles. The number of halogens is 1. The fraction of sp³-hybridized carbons (Fsp3) is 1.00. The number of aliphatic hydroxyl groups excluding tert-OH is 1. The zero-order valence-corrected chi connectivity index (χ0v) is 12.8. The monoisotopic (exact) mass is 307 g/mol. The van der Waals surface area contributed by atoms with Gasteiger partial charge in [0.2, 0.25) is 0 Å². The molecule has 0 fully saturated rings. The zero-order chi connectivity index (χ0) is 12.6. The lowest BCUT2D eigenvalue weighted by molar-refractivity contribution is 0.292. The maximum Gasteiger partial charge on any atom is 0.0555 e. The van der Waals surface area contributed by atoms with Gasteiger partial charge in [-0.05, 0) is 19.4 Å². The minimum absolute atomic E-state index is 0.259. The molecule has 0 amide bonds. The largest absolute Gasteiger partial charge is 0.395 e. The van der Waals surface area contributed by atoms with Gasteiger partial charge in [0.05, 0.1) is 6.61 Å². The Kier molecular flexibility index (Phi) is 16.8. The molecule has 0 bridgehead atoms. The molecule has 2 nitrogen and oxygen atoms in total. The Morgan fingerprint density at radius 2 is 1.12 bits per heavy atom. The zero-order valence-electron chi connectivity index (χ0n) is 11.2. The number of hydrogen-bond acceptors (Lipinski definition) is 2. The average Bonchev–Trinajstić information content (AvgIpc) is 2.35. The number of nitrogens with one attached hydrogen (secondary N) is 1. The molecule has 0 spiro atoms. The van der Waals surface area contributed by atoms with Gasteiger partial charge in [-0.3, -0.25) is 0 Å². The molecule has 0 heterocycles. The summed E-state index contributed by atoms with van der Waals surface area (Å²) in [6.45, 7) is 2.07. The Morgan fingerprint density at radius 3 is 1.59 bits per heavy atom. The molecule has 0 aliphatic carbocycles. The van der Waals surface area contributed by atoms with Gasteiger partial charge in [0.25, 0.3) is 0 Å². The summed E-state index contributed by atoms with van der Waals surface area (Å²) in [6, 6.07) is 0. The second-order valence-electron chi connectivity index (χ2n) is 4.70. The molecule has 0 rings (SSSR count). The first-order chi connectivity index (χ1) is 8.41. The van der Waals surface area contributed by atoms with Crippen LogP contribution in [-0.4, -0.2) is 30.1 Å². The van der Waals surface area contributed by atoms with Gasteiger partial charge in [-0.15, -0.1) is 0 Å². The minimum Gasteiger partial charge on any atom is -0.395 e. The predicted octanol–water partition coefficient (Wildman–Crippen LogP) is 3.86. The Labute approximate surface area is 116 Å². The highest BCUT2D eigenvalue weighted by Crippen LogP contribution is 2.10. The quantitative estimate of drug-likeness (QED) is 0.377. The van der Waals surface area contributed by atoms with Crippen LogP contribution in [0.25, 0.3) is 0 Å². The number of hydrogen-bond donors (Lipinski definition) is 2. The van der Waals surface area contributed by atoms with Crippen LogP contribution in [-0.2, 0) is 0 Å². The van der Waals surface area contributed by atoms with Gasteiger partial charge < -0.3 is 10.4 Å². The normalized spacial score (nSPS) is 10.9. The van der Waals surface area contributed by atoms with Gasteiger partial charge in [0, 0.05) is 11.9 Å². The highest BCUT2D eigenvalue weighted by Gasteiger charge is 1.93. The van der Waals surface area contributed by atoms with E-state index in [-0.39, 0.29) is 6.61 Å². The minimum atomic E-state index is 0.259. The average molecular weight is 308 g/mol. The van der Waals surface area contributed by atoms with Gasteiger partial charge in [-0.2, -0.15) is 0 Å². The summed E-state index contributed by atoms with van der Waals surface area (Å²) >= 11 is 3.46. The van der Waals surface area contributed by atoms with E-state index in [0.717, 1.165) is 18.4 Å². The molecule has 3 heteroatoms. The van der Waals surface area contributed by atoms with E-state index in [4.69, 9.17) is 5.11 Å². The highest BCUT2D eigenvalue weighted by molar-refractivity contribution is 9.09. The van der Waals surface area contributed by atoms with Crippen molar-refractivity contribution in [3.63, 3.8) is 0 Å². The van der Waals surface area contributed by atoms with Crippen LogP contribution >= 0.6 is 15.9 Å². The summed E-state index contributed by atoms with van der Waals surface area (Å²) < 4.78 is 0. The summed E-state index contributed by atoms with van der Waals surface area (Å²) in [7, 11) is 0. The van der Waals surface area contributed by atoms with Gasteiger partial charge in [0.1, 0.15) is 0 Å². The van der Waals surface area contributed by atoms with Gasteiger partial charge in [-0.25, -0.2) is 0 Å². The van der Waals surface area contributed by atoms with E-state index in [9.17, 15) is 0 Å². The second-order valence-corrected chi connectivity index (χ2v) is 5.49. The van der Waals surface area contributed by atoms with Crippen LogP contribution in [0.3, 0.4) is 0 Å². The van der Waals surface area contributed by atoms with Crippen molar-refractivity contribution in [2.45, 2.75) is 64.2 Å². The van der Waals surface area contributed by atoms with E-state index in [1.54, 1.807) is 0 Å². The van der Waals surface area contributed by atoms with Crippen molar-refractivity contribution in [3.05, 3.63) is 0 Å². The summed E-state index contributed by atoms with van der Waals surface area (Å²) in [6.07, 6.45) is 13.8. The topological polar surface area (TPSA) is 32.3 Å². The molecular formula is C14H30BrNO. The number of rotatable bonds is 14. The Balaban J connectivity index is 2.85. The standard InChI is InChI=1S/C14H30BrNO/c15-11-9-7-5-3-1-2-4-6-8-10-12-16-13-14-17/h16-17H,1-14H2. The second kappa shape index (κ2) is 16.4. The molecule has 0 aromatic heterocycles. The SMILES string of the molecule is OCCNCCCCCCCCCCCCBr. The first kappa shape index (κ1) is 17.4. The lowest BCUT2D eigenvalue weighted by Gasteiger charge is -2.03. The Hall–Kier alpha value is 0.400. The van der Waals surface area contributed by atoms with Crippen LogP contribution in [0.15, 0.2) is 0 Å². The van der Waals surface area contributed by atoms with E-state index in [2.05, 4.69) is 21.2 Å². The van der Waals surface area contributed by atoms with E-state index in [1.165, 1.54) is 64.2 Å². The summed E-state index contributed by atoms with van der Waals surface area (Å²) in [4.78, 5) is 0. The highest BCUT2D eigenvalue weighted by atomic mass is 79.9. The Bertz CT molecular complexity index is 119. The van der Waals surface area contributed by atoms with Crippen molar-refractivity contribution in [3.8, 4) is 0 Å². The van der Waals surface area contributed by atoms with Crippen molar-refractivity contribution >= 4 is 15.9 Å². The third-order valence-corrected chi connectivity index (χ3v) is 3.59. The number of unbranched alkanes of at least 4 members (excludes halogenated alkanes) is 9. The Morgan fingerprint density at radius 1 is 0.647 bits per heavy atom. The molecule has 0 saturated heterocycles. The summed E-state index contributed by atoms with van der Waals surface area (Å²) in [5.41, 5.74) is 0. The molecular weight excluding hydrogens is 278 g/mol. The van der Waals surface area contributed by atoms with Crippen molar-refractivity contribution in [2.24, 2.45) is 0 Å². The third kappa shape index (κ3) is 16.4. The summed E-state index contributed by atoms with van der Waals surface area (Å²) in [5, 5.41) is 13.0. The lowest BCUT2D eigenvalue weighted by Crippen LogP contribution is -2.19. The van der Waals surface area contributed by atoms with Crippen molar-refractivity contribution in [1.82, 2.24) is 5.32 Å². The maximum absolute atomic E-state index is 8.58. The van der Waals surface area contributed by atoms with Crippen LogP contribution < -0.4 is 5.32 Å². The summed E-state index contributed by atoms with van der Waals surface area (Å²) in [5.74, 6) is 0. The molecule has 17 heavy (non-hydrogen) atoms. The first-order valence-corrected chi connectivity index (χ1v) is 8.41. The van der Waals surface area contributed by atoms with E-state index in [0.29, 0.717) is 0 Å². The number of alkyl halides is 1. The molecule has 0 atom stereocenters. The first-order valence-electron chi connectivity index (χ1n) is 7.29. The molecule has 104 valence electrons. The molecule has 0 aliphatic rings. The molecule has 0 unspecified atom stereocenters. The smallest absolute Gasteiger partial charge is 0.0555 e. The van der Waals surface area contributed by atoms with Crippen LogP contribution in [0.2, 0.25) is 0 Å². The molecule has 0 saturated carbocycles. The van der Waals surface area contributed by atoms with Crippen molar-refractivity contribution in [1.29, 1.82) is 0 Å². The third-order valence-electron chi connectivity index (χ3n) is 3.03. The fourth-order valence-corrected chi connectivity index (χ4v) is 2.36. The van der Waals surface area contributed by atoms with Gasteiger partial charge in [0.15, 0.2) is 0 Å². The number of aliphatic hydroxyl groups is 1. The van der Waals surface area contributed by atoms with E-state index < -0.39 is 0 Å². The van der Waals surface area contributed by atoms with E-state index in [1.807, 2.05) is 0 Å². The lowest BCUT2D eigenvalue weighted by atomic mass is 10.1. The van der Waals surface area contributed by atoms with Gasteiger partial charge >= 0.3 is 0 Å². The van der Waals surface area contributed by atoms with Crippen molar-refractivity contribution < 1.29 is 5.11 Å². The van der Waals surface area contributed by atoms with E-state index >= 15 is 0 Å². The maximum atomic E-state index is 8.58. The van der Waals surface area contributed by atoms with Gasteiger partial charge in [-0.1, -0.05) is 67.3 Å².